The van der Waals surface area contributed by atoms with Crippen molar-refractivity contribution in [1.82, 2.24) is 20.0 Å². The van der Waals surface area contributed by atoms with Crippen molar-refractivity contribution >= 4 is 11.9 Å². The molecule has 1 aromatic carbocycles. The van der Waals surface area contributed by atoms with E-state index in [2.05, 4.69) is 34.0 Å². The Morgan fingerprint density at radius 2 is 1.85 bits per heavy atom. The average molecular weight is 467 g/mol. The predicted octanol–water partition coefficient (Wildman–Crippen LogP) is 4.68. The highest BCUT2D eigenvalue weighted by Gasteiger charge is 2.26. The number of aromatic nitrogens is 2. The minimum absolute atomic E-state index is 0.0750. The van der Waals surface area contributed by atoms with Crippen molar-refractivity contribution in [2.75, 3.05) is 19.6 Å². The maximum absolute atomic E-state index is 13.3. The monoisotopic (exact) mass is 466 g/mol. The van der Waals surface area contributed by atoms with Gasteiger partial charge in [-0.25, -0.2) is 0 Å². The van der Waals surface area contributed by atoms with Gasteiger partial charge in [-0.1, -0.05) is 50.5 Å². The van der Waals surface area contributed by atoms with Gasteiger partial charge in [0, 0.05) is 18.2 Å². The molecule has 1 amide bonds. The second-order valence-corrected chi connectivity index (χ2v) is 9.77. The number of carboxylic acids is 1. The zero-order valence-corrected chi connectivity index (χ0v) is 20.3. The van der Waals surface area contributed by atoms with Crippen LogP contribution < -0.4 is 5.32 Å². The topological polar surface area (TPSA) is 87.5 Å². The molecule has 1 saturated heterocycles. The molecular weight excluding hydrogens is 428 g/mol. The molecule has 184 valence electrons. The van der Waals surface area contributed by atoms with E-state index in [0.29, 0.717) is 18.2 Å². The smallest absolute Gasteiger partial charge is 0.305 e. The molecule has 1 atom stereocenters. The summed E-state index contributed by atoms with van der Waals surface area (Å²) in [6, 6.07) is 10.1. The molecular formula is C27H38N4O3. The van der Waals surface area contributed by atoms with Gasteiger partial charge in [-0.15, -0.1) is 0 Å². The highest BCUT2D eigenvalue weighted by Crippen LogP contribution is 2.35. The zero-order chi connectivity index (χ0) is 23.9. The number of benzene rings is 1. The van der Waals surface area contributed by atoms with E-state index >= 15 is 0 Å². The first-order valence-corrected chi connectivity index (χ1v) is 13.0. The predicted molar refractivity (Wildman–Crippen MR) is 133 cm³/mol. The lowest BCUT2D eigenvalue weighted by Gasteiger charge is -2.28. The second kappa shape index (κ2) is 11.6. The van der Waals surface area contributed by atoms with Crippen LogP contribution in [0.1, 0.15) is 86.8 Å². The molecule has 1 aliphatic carbocycles. The van der Waals surface area contributed by atoms with Crippen molar-refractivity contribution in [2.24, 2.45) is 0 Å². The Labute approximate surface area is 202 Å². The van der Waals surface area contributed by atoms with Gasteiger partial charge in [-0.2, -0.15) is 5.10 Å². The summed E-state index contributed by atoms with van der Waals surface area (Å²) in [5, 5.41) is 17.2. The summed E-state index contributed by atoms with van der Waals surface area (Å²) in [4.78, 5) is 27.1. The number of carbonyl (C=O) groups excluding carboxylic acids is 1. The lowest BCUT2D eigenvalue weighted by Crippen LogP contribution is -2.40. The fraction of sp³-hybridized carbons (Fsp3) is 0.593. The fourth-order valence-corrected chi connectivity index (χ4v) is 5.43. The first-order chi connectivity index (χ1) is 16.5. The Kier molecular flexibility index (Phi) is 8.38. The summed E-state index contributed by atoms with van der Waals surface area (Å²) in [7, 11) is 0. The van der Waals surface area contributed by atoms with Crippen molar-refractivity contribution in [3.05, 3.63) is 41.6 Å². The lowest BCUT2D eigenvalue weighted by atomic mass is 10.0. The summed E-state index contributed by atoms with van der Waals surface area (Å²) in [6.45, 7) is 5.06. The molecule has 1 unspecified atom stereocenters. The van der Waals surface area contributed by atoms with Crippen LogP contribution in [0.15, 0.2) is 30.3 Å². The average Bonchev–Trinajstić information content (AvgIpc) is 3.53. The SMILES string of the molecule is CCc1ccccc1-c1cc(C(=O)NC(CCN2CCCCC2)CC(=O)O)nn1C1CCCC1. The van der Waals surface area contributed by atoms with E-state index in [-0.39, 0.29) is 12.3 Å². The lowest BCUT2D eigenvalue weighted by molar-refractivity contribution is -0.137. The van der Waals surface area contributed by atoms with E-state index in [4.69, 9.17) is 5.10 Å². The van der Waals surface area contributed by atoms with Gasteiger partial charge in [0.2, 0.25) is 0 Å². The summed E-state index contributed by atoms with van der Waals surface area (Å²) < 4.78 is 2.05. The van der Waals surface area contributed by atoms with Gasteiger partial charge in [0.05, 0.1) is 18.2 Å². The summed E-state index contributed by atoms with van der Waals surface area (Å²) in [5.41, 5.74) is 3.72. The molecule has 7 nitrogen and oxygen atoms in total. The molecule has 2 fully saturated rings. The maximum Gasteiger partial charge on any atom is 0.305 e. The Balaban J connectivity index is 1.54. The number of hydrogen-bond donors (Lipinski definition) is 2. The largest absolute Gasteiger partial charge is 0.481 e. The van der Waals surface area contributed by atoms with Gasteiger partial charge in [0.15, 0.2) is 5.69 Å². The van der Waals surface area contributed by atoms with Gasteiger partial charge in [-0.3, -0.25) is 14.3 Å². The van der Waals surface area contributed by atoms with Crippen LogP contribution in [0.4, 0.5) is 0 Å². The minimum Gasteiger partial charge on any atom is -0.481 e. The molecule has 7 heteroatoms. The molecule has 1 saturated carbocycles. The van der Waals surface area contributed by atoms with E-state index in [1.54, 1.807) is 0 Å². The van der Waals surface area contributed by atoms with Gasteiger partial charge < -0.3 is 15.3 Å². The van der Waals surface area contributed by atoms with Crippen LogP contribution in [0, 0.1) is 0 Å². The molecule has 0 radical (unpaired) electrons. The maximum atomic E-state index is 13.3. The number of hydrogen-bond acceptors (Lipinski definition) is 4. The minimum atomic E-state index is -0.891. The van der Waals surface area contributed by atoms with Crippen LogP contribution in [-0.4, -0.2) is 57.3 Å². The second-order valence-electron chi connectivity index (χ2n) is 9.77. The molecule has 2 heterocycles. The molecule has 1 aromatic heterocycles. The third-order valence-electron chi connectivity index (χ3n) is 7.31. The first-order valence-electron chi connectivity index (χ1n) is 13.0. The van der Waals surface area contributed by atoms with Crippen molar-refractivity contribution < 1.29 is 14.7 Å². The van der Waals surface area contributed by atoms with Crippen molar-refractivity contribution in [3.63, 3.8) is 0 Å². The molecule has 0 spiro atoms. The summed E-state index contributed by atoms with van der Waals surface area (Å²) in [6.07, 6.45) is 9.61. The van der Waals surface area contributed by atoms with Crippen molar-refractivity contribution in [2.45, 2.75) is 83.2 Å². The number of rotatable bonds is 10. The van der Waals surface area contributed by atoms with Crippen LogP contribution >= 0.6 is 0 Å². The Morgan fingerprint density at radius 1 is 1.12 bits per heavy atom. The van der Waals surface area contributed by atoms with Gasteiger partial charge >= 0.3 is 5.97 Å². The summed E-state index contributed by atoms with van der Waals surface area (Å²) in [5.74, 6) is -1.17. The third kappa shape index (κ3) is 6.06. The molecule has 1 aliphatic heterocycles. The third-order valence-corrected chi connectivity index (χ3v) is 7.31. The number of carboxylic acid groups (broad SMARTS) is 1. The summed E-state index contributed by atoms with van der Waals surface area (Å²) >= 11 is 0. The number of aliphatic carboxylic acids is 1. The number of nitrogens with zero attached hydrogens (tertiary/aromatic N) is 3. The van der Waals surface area contributed by atoms with Crippen LogP contribution in [0.3, 0.4) is 0 Å². The molecule has 2 aliphatic rings. The Morgan fingerprint density at radius 3 is 2.56 bits per heavy atom. The Bertz CT molecular complexity index is 974. The number of likely N-dealkylation sites (tertiary alicyclic amines) is 1. The van der Waals surface area contributed by atoms with Crippen LogP contribution in [-0.2, 0) is 11.2 Å². The van der Waals surface area contributed by atoms with Crippen molar-refractivity contribution in [3.8, 4) is 11.3 Å². The van der Waals surface area contributed by atoms with Crippen LogP contribution in [0.5, 0.6) is 0 Å². The van der Waals surface area contributed by atoms with E-state index in [1.807, 2.05) is 18.2 Å². The molecule has 34 heavy (non-hydrogen) atoms. The number of aryl methyl sites for hydroxylation is 1. The molecule has 4 rings (SSSR count). The standard InChI is InChI=1S/C27H38N4O3/c1-2-20-10-4-7-13-23(20)25-19-24(29-31(25)22-11-5-6-12-22)27(34)28-21(18-26(32)33)14-17-30-15-8-3-9-16-30/h4,7,10,13,19,21-22H,2-3,5-6,8-9,11-12,14-18H2,1H3,(H,28,34)(H,32,33). The fourth-order valence-electron chi connectivity index (χ4n) is 5.43. The van der Waals surface area contributed by atoms with E-state index in [9.17, 15) is 14.7 Å². The normalized spacial score (nSPS) is 18.1. The Hall–Kier alpha value is -2.67. The number of carbonyl (C=O) groups is 2. The molecule has 0 bridgehead atoms. The number of nitrogens with one attached hydrogen (secondary N) is 1. The van der Waals surface area contributed by atoms with E-state index in [1.165, 1.54) is 37.7 Å². The van der Waals surface area contributed by atoms with Crippen LogP contribution in [0.25, 0.3) is 11.3 Å². The number of amides is 1. The van der Waals surface area contributed by atoms with E-state index < -0.39 is 12.0 Å². The van der Waals surface area contributed by atoms with Crippen molar-refractivity contribution in [1.29, 1.82) is 0 Å². The van der Waals surface area contributed by atoms with Gasteiger partial charge in [0.1, 0.15) is 0 Å². The first kappa shape index (κ1) is 24.5. The highest BCUT2D eigenvalue weighted by atomic mass is 16.4. The van der Waals surface area contributed by atoms with Crippen LogP contribution in [0.2, 0.25) is 0 Å². The molecule has 2 N–H and O–H groups in total. The van der Waals surface area contributed by atoms with E-state index in [0.717, 1.165) is 50.2 Å². The highest BCUT2D eigenvalue weighted by molar-refractivity contribution is 5.94. The molecule has 2 aromatic rings. The quantitative estimate of drug-likeness (QED) is 0.531. The zero-order valence-electron chi connectivity index (χ0n) is 20.3. The van der Waals surface area contributed by atoms with Gasteiger partial charge in [-0.05, 0) is 63.2 Å². The van der Waals surface area contributed by atoms with Gasteiger partial charge in [0.25, 0.3) is 5.91 Å². The number of piperidine rings is 1.